The fourth-order valence-corrected chi connectivity index (χ4v) is 3.69. The summed E-state index contributed by atoms with van der Waals surface area (Å²) in [7, 11) is -0.352. The van der Waals surface area contributed by atoms with Crippen LogP contribution in [-0.2, 0) is 0 Å². The molecule has 1 unspecified atom stereocenters. The third-order valence-corrected chi connectivity index (χ3v) is 4.08. The summed E-state index contributed by atoms with van der Waals surface area (Å²) in [5.74, 6) is 3.15. The van der Waals surface area contributed by atoms with Crippen molar-refractivity contribution in [2.75, 3.05) is 24.5 Å². The van der Waals surface area contributed by atoms with Crippen molar-refractivity contribution in [1.82, 2.24) is 0 Å². The molecule has 0 aromatic heterocycles. The van der Waals surface area contributed by atoms with Gasteiger partial charge >= 0.3 is 0 Å². The Hall–Kier alpha value is 0.350. The quantitative estimate of drug-likeness (QED) is 0.656. The van der Waals surface area contributed by atoms with Crippen LogP contribution in [0.25, 0.3) is 0 Å². The molecular weight excluding hydrogens is 188 g/mol. The second-order valence-electron chi connectivity index (χ2n) is 6.95. The molecule has 0 bridgehead atoms. The molecule has 1 atom stereocenters. The van der Waals surface area contributed by atoms with Crippen LogP contribution >= 0.6 is 10.0 Å². The third kappa shape index (κ3) is 6.75. The van der Waals surface area contributed by atoms with Crippen molar-refractivity contribution in [3.63, 3.8) is 0 Å². The predicted molar refractivity (Wildman–Crippen MR) is 72.6 cm³/mol. The number of rotatable bonds is 4. The standard InChI is InChI=1S/C13H30S/c1-11(2)9-12(13(3,4)5)10-14(6,7)8/h11-12H,9-10H2,1-8H3. The molecule has 0 aliphatic heterocycles. The first-order chi connectivity index (χ1) is 6.02. The summed E-state index contributed by atoms with van der Waals surface area (Å²) in [4.78, 5) is 0. The number of hydrogen-bond acceptors (Lipinski definition) is 0. The van der Waals surface area contributed by atoms with E-state index in [9.17, 15) is 0 Å². The fourth-order valence-electron chi connectivity index (χ4n) is 1.84. The van der Waals surface area contributed by atoms with Gasteiger partial charge in [0.05, 0.1) is 0 Å². The van der Waals surface area contributed by atoms with Gasteiger partial charge in [-0.1, -0.05) is 34.6 Å². The van der Waals surface area contributed by atoms with Crippen LogP contribution in [0.3, 0.4) is 0 Å². The smallest absolute Gasteiger partial charge is 0.0202 e. The van der Waals surface area contributed by atoms with Gasteiger partial charge in [-0.3, -0.25) is 0 Å². The van der Waals surface area contributed by atoms with Crippen molar-refractivity contribution >= 4 is 10.0 Å². The van der Waals surface area contributed by atoms with E-state index in [0.717, 1.165) is 11.8 Å². The molecule has 0 radical (unpaired) electrons. The highest BCUT2D eigenvalue weighted by Crippen LogP contribution is 2.44. The van der Waals surface area contributed by atoms with Gasteiger partial charge in [-0.05, 0) is 48.2 Å². The average molecular weight is 218 g/mol. The largest absolute Gasteiger partial charge is 0.249 e. The molecule has 0 N–H and O–H groups in total. The summed E-state index contributed by atoms with van der Waals surface area (Å²) in [6, 6.07) is 0. The van der Waals surface area contributed by atoms with Gasteiger partial charge in [-0.15, -0.1) is 0 Å². The maximum absolute atomic E-state index is 2.44. The van der Waals surface area contributed by atoms with Gasteiger partial charge in [0.25, 0.3) is 0 Å². The van der Waals surface area contributed by atoms with Crippen LogP contribution in [0.1, 0.15) is 41.0 Å². The van der Waals surface area contributed by atoms with Gasteiger partial charge in [-0.25, -0.2) is 10.0 Å². The molecule has 14 heavy (non-hydrogen) atoms. The van der Waals surface area contributed by atoms with Gasteiger partial charge in [-0.2, -0.15) is 0 Å². The molecular formula is C13H30S. The van der Waals surface area contributed by atoms with E-state index in [0.29, 0.717) is 5.41 Å². The molecule has 1 heteroatoms. The molecule has 0 saturated carbocycles. The van der Waals surface area contributed by atoms with Gasteiger partial charge in [0.1, 0.15) is 0 Å². The third-order valence-electron chi connectivity index (χ3n) is 2.68. The highest BCUT2D eigenvalue weighted by atomic mass is 32.3. The highest BCUT2D eigenvalue weighted by Gasteiger charge is 2.27. The Morgan fingerprint density at radius 2 is 1.43 bits per heavy atom. The molecule has 0 fully saturated rings. The summed E-state index contributed by atoms with van der Waals surface area (Å²) in [6.07, 6.45) is 8.69. The minimum Gasteiger partial charge on any atom is -0.249 e. The maximum Gasteiger partial charge on any atom is -0.0202 e. The van der Waals surface area contributed by atoms with E-state index in [1.807, 2.05) is 0 Å². The molecule has 0 aromatic carbocycles. The molecule has 0 rings (SSSR count). The Balaban J connectivity index is 4.42. The van der Waals surface area contributed by atoms with E-state index < -0.39 is 0 Å². The molecule has 0 aliphatic rings. The van der Waals surface area contributed by atoms with Crippen molar-refractivity contribution in [2.24, 2.45) is 17.3 Å². The second kappa shape index (κ2) is 4.92. The molecule has 0 nitrogen and oxygen atoms in total. The lowest BCUT2D eigenvalue weighted by atomic mass is 9.77. The Kier molecular flexibility index (Phi) is 5.04. The van der Waals surface area contributed by atoms with Crippen molar-refractivity contribution in [3.8, 4) is 0 Å². The summed E-state index contributed by atoms with van der Waals surface area (Å²) in [5, 5.41) is 0. The van der Waals surface area contributed by atoms with E-state index in [-0.39, 0.29) is 10.0 Å². The van der Waals surface area contributed by atoms with E-state index in [2.05, 4.69) is 53.4 Å². The topological polar surface area (TPSA) is 0 Å². The predicted octanol–water partition coefficient (Wildman–Crippen LogP) is 4.39. The zero-order chi connectivity index (χ0) is 11.6. The zero-order valence-electron chi connectivity index (χ0n) is 11.5. The van der Waals surface area contributed by atoms with Gasteiger partial charge in [0.2, 0.25) is 0 Å². The SMILES string of the molecule is CC(C)CC(CS(C)(C)C)C(C)(C)C. The van der Waals surface area contributed by atoms with Crippen LogP contribution in [0.4, 0.5) is 0 Å². The molecule has 0 saturated heterocycles. The van der Waals surface area contributed by atoms with Crippen LogP contribution in [-0.4, -0.2) is 24.5 Å². The monoisotopic (exact) mass is 218 g/mol. The van der Waals surface area contributed by atoms with Crippen molar-refractivity contribution in [1.29, 1.82) is 0 Å². The van der Waals surface area contributed by atoms with Crippen LogP contribution < -0.4 is 0 Å². The van der Waals surface area contributed by atoms with Crippen molar-refractivity contribution in [3.05, 3.63) is 0 Å². The second-order valence-corrected chi connectivity index (χ2v) is 11.5. The minimum atomic E-state index is -0.352. The summed E-state index contributed by atoms with van der Waals surface area (Å²) >= 11 is 0. The van der Waals surface area contributed by atoms with E-state index in [4.69, 9.17) is 0 Å². The first kappa shape index (κ1) is 14.3. The number of hydrogen-bond donors (Lipinski definition) is 0. The van der Waals surface area contributed by atoms with Crippen LogP contribution in [0, 0.1) is 17.3 Å². The molecule has 0 aliphatic carbocycles. The van der Waals surface area contributed by atoms with Crippen molar-refractivity contribution < 1.29 is 0 Å². The van der Waals surface area contributed by atoms with Gasteiger partial charge in [0, 0.05) is 0 Å². The lowest BCUT2D eigenvalue weighted by molar-refractivity contribution is 0.228. The first-order valence-electron chi connectivity index (χ1n) is 5.68. The van der Waals surface area contributed by atoms with E-state index in [1.54, 1.807) is 0 Å². The van der Waals surface area contributed by atoms with Crippen LogP contribution in [0.15, 0.2) is 0 Å². The normalized spacial score (nSPS) is 17.2. The van der Waals surface area contributed by atoms with Crippen molar-refractivity contribution in [2.45, 2.75) is 41.0 Å². The molecule has 0 heterocycles. The highest BCUT2D eigenvalue weighted by molar-refractivity contribution is 8.32. The maximum atomic E-state index is 2.44. The zero-order valence-corrected chi connectivity index (χ0v) is 12.3. The van der Waals surface area contributed by atoms with Gasteiger partial charge in [0.15, 0.2) is 0 Å². The Morgan fingerprint density at radius 3 is 1.64 bits per heavy atom. The Bertz CT molecular complexity index is 157. The average Bonchev–Trinajstić information content (AvgIpc) is 1.78. The lowest BCUT2D eigenvalue weighted by Gasteiger charge is -2.39. The summed E-state index contributed by atoms with van der Waals surface area (Å²) in [6.45, 7) is 11.9. The Morgan fingerprint density at radius 1 is 1.00 bits per heavy atom. The van der Waals surface area contributed by atoms with E-state index in [1.165, 1.54) is 12.2 Å². The molecule has 0 amide bonds. The van der Waals surface area contributed by atoms with E-state index >= 15 is 0 Å². The summed E-state index contributed by atoms with van der Waals surface area (Å²) in [5.41, 5.74) is 0.477. The molecule has 0 aromatic rings. The molecule has 88 valence electrons. The van der Waals surface area contributed by atoms with Crippen LogP contribution in [0.5, 0.6) is 0 Å². The first-order valence-corrected chi connectivity index (χ1v) is 8.71. The minimum absolute atomic E-state index is 0.352. The molecule has 0 spiro atoms. The summed E-state index contributed by atoms with van der Waals surface area (Å²) < 4.78 is 0. The van der Waals surface area contributed by atoms with Gasteiger partial charge < -0.3 is 0 Å². The Labute approximate surface area is 93.2 Å². The lowest BCUT2D eigenvalue weighted by Crippen LogP contribution is -2.27. The fraction of sp³-hybridized carbons (Fsp3) is 1.00. The van der Waals surface area contributed by atoms with Crippen LogP contribution in [0.2, 0.25) is 0 Å².